The molecule has 1 unspecified atom stereocenters. The molecule has 114 valence electrons. The average Bonchev–Trinajstić information content (AvgIpc) is 2.71. The van der Waals surface area contributed by atoms with Gasteiger partial charge in [-0.1, -0.05) is 30.3 Å². The van der Waals surface area contributed by atoms with Crippen molar-refractivity contribution in [2.75, 3.05) is 7.05 Å². The first-order valence-corrected chi connectivity index (χ1v) is 7.85. The van der Waals surface area contributed by atoms with Crippen LogP contribution in [0, 0.1) is 0 Å². The minimum Gasteiger partial charge on any atom is -0.461 e. The molecule has 0 aromatic heterocycles. The molecule has 0 radical (unpaired) electrons. The van der Waals surface area contributed by atoms with Gasteiger partial charge in [0.15, 0.2) is 0 Å². The molecule has 2 saturated heterocycles. The number of carbonyl (C=O) groups is 1. The molecule has 0 amide bonds. The number of nitrogens with zero attached hydrogens (tertiary/aromatic N) is 1. The van der Waals surface area contributed by atoms with Gasteiger partial charge in [0.2, 0.25) is 0 Å². The lowest BCUT2D eigenvalue weighted by atomic mass is 10.0. The van der Waals surface area contributed by atoms with Gasteiger partial charge in [-0.3, -0.25) is 4.79 Å². The molecule has 2 aliphatic heterocycles. The summed E-state index contributed by atoms with van der Waals surface area (Å²) in [6.45, 7) is 0. The van der Waals surface area contributed by atoms with Crippen LogP contribution in [0.3, 0.4) is 0 Å². The van der Waals surface area contributed by atoms with E-state index >= 15 is 0 Å². The second-order valence-electron chi connectivity index (χ2n) is 6.38. The van der Waals surface area contributed by atoms with Crippen LogP contribution < -0.4 is 5.73 Å². The number of hydrogen-bond acceptors (Lipinski definition) is 4. The highest BCUT2D eigenvalue weighted by molar-refractivity contribution is 5.76. The molecule has 0 spiro atoms. The Morgan fingerprint density at radius 2 is 1.90 bits per heavy atom. The van der Waals surface area contributed by atoms with Gasteiger partial charge in [0, 0.05) is 12.1 Å². The van der Waals surface area contributed by atoms with Crippen LogP contribution in [0.25, 0.3) is 0 Å². The predicted octanol–water partition coefficient (Wildman–Crippen LogP) is 1.72. The Balaban J connectivity index is 1.52. The van der Waals surface area contributed by atoms with Gasteiger partial charge in [-0.2, -0.15) is 0 Å². The van der Waals surface area contributed by atoms with Crippen LogP contribution in [0.1, 0.15) is 31.2 Å². The maximum Gasteiger partial charge on any atom is 0.323 e. The first kappa shape index (κ1) is 14.5. The molecule has 4 heteroatoms. The minimum absolute atomic E-state index is 0.0491. The second-order valence-corrected chi connectivity index (χ2v) is 6.38. The fourth-order valence-corrected chi connectivity index (χ4v) is 3.66. The van der Waals surface area contributed by atoms with Gasteiger partial charge in [0.05, 0.1) is 0 Å². The SMILES string of the molecule is CN1[C@@H]2CC[C@H]1CC(OC(=O)[C@@H](N)Cc1ccccc1)C2. The van der Waals surface area contributed by atoms with Crippen molar-refractivity contribution in [1.82, 2.24) is 4.90 Å². The molecule has 3 rings (SSSR count). The Kier molecular flexibility index (Phi) is 4.27. The minimum atomic E-state index is -0.565. The second kappa shape index (κ2) is 6.16. The van der Waals surface area contributed by atoms with E-state index in [1.54, 1.807) is 0 Å². The van der Waals surface area contributed by atoms with Gasteiger partial charge in [0.1, 0.15) is 12.1 Å². The summed E-state index contributed by atoms with van der Waals surface area (Å²) in [7, 11) is 2.18. The van der Waals surface area contributed by atoms with Crippen LogP contribution in [0.2, 0.25) is 0 Å². The smallest absolute Gasteiger partial charge is 0.323 e. The third kappa shape index (κ3) is 3.27. The van der Waals surface area contributed by atoms with Crippen LogP contribution in [0.15, 0.2) is 30.3 Å². The summed E-state index contributed by atoms with van der Waals surface area (Å²) < 4.78 is 5.66. The Labute approximate surface area is 126 Å². The number of esters is 1. The van der Waals surface area contributed by atoms with Gasteiger partial charge >= 0.3 is 5.97 Å². The lowest BCUT2D eigenvalue weighted by molar-refractivity contribution is -0.153. The summed E-state index contributed by atoms with van der Waals surface area (Å²) in [5.74, 6) is -0.257. The number of fused-ring (bicyclic) bond motifs is 2. The summed E-state index contributed by atoms with van der Waals surface area (Å²) in [4.78, 5) is 14.6. The molecular formula is C17H24N2O2. The summed E-state index contributed by atoms with van der Waals surface area (Å²) in [6, 6.07) is 10.4. The van der Waals surface area contributed by atoms with Crippen LogP contribution in [0.5, 0.6) is 0 Å². The number of carbonyl (C=O) groups excluding carboxylic acids is 1. The highest BCUT2D eigenvalue weighted by Crippen LogP contribution is 2.35. The number of piperidine rings is 1. The summed E-state index contributed by atoms with van der Waals surface area (Å²) in [6.07, 6.45) is 4.96. The van der Waals surface area contributed by atoms with Crippen molar-refractivity contribution in [1.29, 1.82) is 0 Å². The number of ether oxygens (including phenoxy) is 1. The topological polar surface area (TPSA) is 55.6 Å². The fraction of sp³-hybridized carbons (Fsp3) is 0.588. The van der Waals surface area contributed by atoms with E-state index in [1.165, 1.54) is 12.8 Å². The van der Waals surface area contributed by atoms with Crippen molar-refractivity contribution in [3.8, 4) is 0 Å². The third-order valence-corrected chi connectivity index (χ3v) is 4.94. The molecule has 4 nitrogen and oxygen atoms in total. The van der Waals surface area contributed by atoms with Crippen molar-refractivity contribution in [3.63, 3.8) is 0 Å². The lowest BCUT2D eigenvalue weighted by Crippen LogP contribution is -2.45. The molecule has 21 heavy (non-hydrogen) atoms. The van der Waals surface area contributed by atoms with Crippen molar-refractivity contribution in [3.05, 3.63) is 35.9 Å². The Bertz CT molecular complexity index is 477. The first-order valence-electron chi connectivity index (χ1n) is 7.85. The summed E-state index contributed by atoms with van der Waals surface area (Å²) in [5, 5.41) is 0. The molecule has 0 saturated carbocycles. The van der Waals surface area contributed by atoms with Crippen LogP contribution in [-0.4, -0.2) is 42.1 Å². The normalized spacial score (nSPS) is 30.1. The molecule has 2 N–H and O–H groups in total. The van der Waals surface area contributed by atoms with Crippen LogP contribution >= 0.6 is 0 Å². The first-order chi connectivity index (χ1) is 10.1. The van der Waals surface area contributed by atoms with Gasteiger partial charge in [0.25, 0.3) is 0 Å². The number of benzene rings is 1. The quantitative estimate of drug-likeness (QED) is 0.857. The standard InChI is InChI=1S/C17H24N2O2/c1-19-13-7-8-14(19)11-15(10-13)21-17(20)16(18)9-12-5-3-2-4-6-12/h2-6,13-16H,7-11,18H2,1H3/t13-,14+,15?,16-/m0/s1. The zero-order chi connectivity index (χ0) is 14.8. The molecule has 2 heterocycles. The van der Waals surface area contributed by atoms with Crippen LogP contribution in [0.4, 0.5) is 0 Å². The van der Waals surface area contributed by atoms with Crippen LogP contribution in [-0.2, 0) is 16.0 Å². The molecule has 1 aromatic carbocycles. The molecule has 4 atom stereocenters. The predicted molar refractivity (Wildman–Crippen MR) is 81.8 cm³/mol. The summed E-state index contributed by atoms with van der Waals surface area (Å²) in [5.41, 5.74) is 7.07. The maximum atomic E-state index is 12.2. The molecule has 2 fully saturated rings. The zero-order valence-electron chi connectivity index (χ0n) is 12.6. The number of rotatable bonds is 4. The fourth-order valence-electron chi connectivity index (χ4n) is 3.66. The lowest BCUT2D eigenvalue weighted by Gasteiger charge is -2.36. The molecule has 2 bridgehead atoms. The Morgan fingerprint density at radius 1 is 1.29 bits per heavy atom. The van der Waals surface area contributed by atoms with E-state index in [4.69, 9.17) is 10.5 Å². The van der Waals surface area contributed by atoms with E-state index < -0.39 is 6.04 Å². The molecule has 0 aliphatic carbocycles. The monoisotopic (exact) mass is 288 g/mol. The van der Waals surface area contributed by atoms with E-state index in [2.05, 4.69) is 11.9 Å². The van der Waals surface area contributed by atoms with E-state index in [0.29, 0.717) is 18.5 Å². The van der Waals surface area contributed by atoms with Gasteiger partial charge in [-0.15, -0.1) is 0 Å². The highest BCUT2D eigenvalue weighted by atomic mass is 16.5. The van der Waals surface area contributed by atoms with Crippen molar-refractivity contribution < 1.29 is 9.53 Å². The van der Waals surface area contributed by atoms with E-state index in [9.17, 15) is 4.79 Å². The third-order valence-electron chi connectivity index (χ3n) is 4.94. The summed E-state index contributed by atoms with van der Waals surface area (Å²) >= 11 is 0. The van der Waals surface area contributed by atoms with E-state index in [1.807, 2.05) is 30.3 Å². The van der Waals surface area contributed by atoms with E-state index in [-0.39, 0.29) is 12.1 Å². The van der Waals surface area contributed by atoms with Crippen molar-refractivity contribution in [2.45, 2.75) is 56.3 Å². The Morgan fingerprint density at radius 3 is 2.52 bits per heavy atom. The number of nitrogens with two attached hydrogens (primary N) is 1. The molecule has 1 aromatic rings. The Hall–Kier alpha value is -1.39. The zero-order valence-corrected chi connectivity index (χ0v) is 12.6. The largest absolute Gasteiger partial charge is 0.461 e. The van der Waals surface area contributed by atoms with Gasteiger partial charge < -0.3 is 15.4 Å². The molecular weight excluding hydrogens is 264 g/mol. The maximum absolute atomic E-state index is 12.2. The van der Waals surface area contributed by atoms with Crippen molar-refractivity contribution in [2.24, 2.45) is 5.73 Å². The number of hydrogen-bond donors (Lipinski definition) is 1. The van der Waals surface area contributed by atoms with Gasteiger partial charge in [-0.05, 0) is 44.7 Å². The van der Waals surface area contributed by atoms with Gasteiger partial charge in [-0.25, -0.2) is 0 Å². The van der Waals surface area contributed by atoms with Crippen molar-refractivity contribution >= 4 is 5.97 Å². The molecule has 2 aliphatic rings. The van der Waals surface area contributed by atoms with E-state index in [0.717, 1.165) is 18.4 Å². The average molecular weight is 288 g/mol. The highest BCUT2D eigenvalue weighted by Gasteiger charge is 2.40.